The zero-order chi connectivity index (χ0) is 14.4. The Morgan fingerprint density at radius 2 is 2.40 bits per heavy atom. The average Bonchev–Trinajstić information content (AvgIpc) is 2.87. The molecule has 1 aromatic rings. The van der Waals surface area contributed by atoms with Gasteiger partial charge in [0.15, 0.2) is 5.76 Å². The third kappa shape index (κ3) is 4.30. The molecule has 0 saturated carbocycles. The normalized spacial score (nSPS) is 24.1. The smallest absolute Gasteiger partial charge is 0.151 e. The summed E-state index contributed by atoms with van der Waals surface area (Å²) in [6, 6.07) is 2.06. The lowest BCUT2D eigenvalue weighted by molar-refractivity contribution is -0.0541. The number of rotatable bonds is 7. The molecule has 2 rings (SSSR count). The molecule has 1 unspecified atom stereocenters. The molecule has 5 heteroatoms. The molecule has 20 heavy (non-hydrogen) atoms. The van der Waals surface area contributed by atoms with E-state index in [4.69, 9.17) is 9.26 Å². The quantitative estimate of drug-likeness (QED) is 0.776. The van der Waals surface area contributed by atoms with Gasteiger partial charge in [-0.25, -0.2) is 0 Å². The van der Waals surface area contributed by atoms with Gasteiger partial charge in [0, 0.05) is 26.3 Å². The Balaban J connectivity index is 1.84. The van der Waals surface area contributed by atoms with Crippen LogP contribution in [0.25, 0.3) is 0 Å². The third-order valence-corrected chi connectivity index (χ3v) is 3.95. The maximum Gasteiger partial charge on any atom is 0.151 e. The van der Waals surface area contributed by atoms with Crippen molar-refractivity contribution in [2.75, 3.05) is 26.7 Å². The van der Waals surface area contributed by atoms with Gasteiger partial charge in [-0.3, -0.25) is 4.90 Å². The standard InChI is InChI=1S/C15H27N3O2/c1-4-7-16-10-13-9-14(20-17-13)11-18-8-5-6-15(2,12-18)19-3/h9,16H,4-8,10-12H2,1-3H3. The van der Waals surface area contributed by atoms with Gasteiger partial charge in [-0.1, -0.05) is 12.1 Å². The topological polar surface area (TPSA) is 50.5 Å². The van der Waals surface area contributed by atoms with Crippen molar-refractivity contribution in [3.63, 3.8) is 0 Å². The number of hydrogen-bond donors (Lipinski definition) is 1. The van der Waals surface area contributed by atoms with Crippen LogP contribution in [-0.4, -0.2) is 42.4 Å². The molecule has 0 amide bonds. The second kappa shape index (κ2) is 7.20. The van der Waals surface area contributed by atoms with Gasteiger partial charge in [0.25, 0.3) is 0 Å². The lowest BCUT2D eigenvalue weighted by Crippen LogP contribution is -2.46. The van der Waals surface area contributed by atoms with Crippen LogP contribution in [0.2, 0.25) is 0 Å². The van der Waals surface area contributed by atoms with Gasteiger partial charge in [0.1, 0.15) is 0 Å². The molecule has 1 aromatic heterocycles. The van der Waals surface area contributed by atoms with Gasteiger partial charge in [-0.15, -0.1) is 0 Å². The molecule has 1 saturated heterocycles. The predicted octanol–water partition coefficient (Wildman–Crippen LogP) is 2.18. The van der Waals surface area contributed by atoms with E-state index in [1.165, 1.54) is 6.42 Å². The molecule has 1 N–H and O–H groups in total. The monoisotopic (exact) mass is 281 g/mol. The molecule has 114 valence electrons. The summed E-state index contributed by atoms with van der Waals surface area (Å²) >= 11 is 0. The van der Waals surface area contributed by atoms with E-state index < -0.39 is 0 Å². The minimum absolute atomic E-state index is 0.0240. The molecule has 1 aliphatic rings. The van der Waals surface area contributed by atoms with Crippen molar-refractivity contribution in [2.24, 2.45) is 0 Å². The lowest BCUT2D eigenvalue weighted by Gasteiger charge is -2.39. The molecule has 0 bridgehead atoms. The first kappa shape index (κ1) is 15.5. The van der Waals surface area contributed by atoms with E-state index in [0.717, 1.165) is 57.0 Å². The van der Waals surface area contributed by atoms with Crippen LogP contribution in [0, 0.1) is 0 Å². The summed E-state index contributed by atoms with van der Waals surface area (Å²) in [6.45, 7) is 9.01. The fourth-order valence-electron chi connectivity index (χ4n) is 2.74. The molecule has 0 aromatic carbocycles. The van der Waals surface area contributed by atoms with Crippen molar-refractivity contribution < 1.29 is 9.26 Å². The Hall–Kier alpha value is -0.910. The Kier molecular flexibility index (Phi) is 5.57. The fourth-order valence-corrected chi connectivity index (χ4v) is 2.74. The SMILES string of the molecule is CCCNCc1cc(CN2CCCC(C)(OC)C2)on1. The Morgan fingerprint density at radius 1 is 1.55 bits per heavy atom. The first-order chi connectivity index (χ1) is 9.65. The van der Waals surface area contributed by atoms with Gasteiger partial charge in [-0.2, -0.15) is 0 Å². The Bertz CT molecular complexity index is 408. The van der Waals surface area contributed by atoms with Crippen LogP contribution in [-0.2, 0) is 17.8 Å². The summed E-state index contributed by atoms with van der Waals surface area (Å²) < 4.78 is 11.0. The van der Waals surface area contributed by atoms with E-state index in [0.29, 0.717) is 0 Å². The summed E-state index contributed by atoms with van der Waals surface area (Å²) in [7, 11) is 1.80. The van der Waals surface area contributed by atoms with Gasteiger partial charge >= 0.3 is 0 Å². The Morgan fingerprint density at radius 3 is 3.15 bits per heavy atom. The zero-order valence-corrected chi connectivity index (χ0v) is 12.9. The van der Waals surface area contributed by atoms with Gasteiger partial charge < -0.3 is 14.6 Å². The van der Waals surface area contributed by atoms with Gasteiger partial charge in [-0.05, 0) is 39.3 Å². The molecule has 1 aliphatic heterocycles. The molecule has 0 radical (unpaired) electrons. The summed E-state index contributed by atoms with van der Waals surface area (Å²) in [4.78, 5) is 2.39. The lowest BCUT2D eigenvalue weighted by atomic mass is 9.95. The van der Waals surface area contributed by atoms with Crippen molar-refractivity contribution in [1.82, 2.24) is 15.4 Å². The van der Waals surface area contributed by atoms with Crippen molar-refractivity contribution >= 4 is 0 Å². The van der Waals surface area contributed by atoms with Crippen molar-refractivity contribution in [3.05, 3.63) is 17.5 Å². The maximum atomic E-state index is 5.62. The number of aromatic nitrogens is 1. The number of piperidine rings is 1. The maximum absolute atomic E-state index is 5.62. The van der Waals surface area contributed by atoms with Crippen LogP contribution in [0.1, 0.15) is 44.6 Å². The van der Waals surface area contributed by atoms with E-state index >= 15 is 0 Å². The van der Waals surface area contributed by atoms with Crippen LogP contribution in [0.15, 0.2) is 10.6 Å². The third-order valence-electron chi connectivity index (χ3n) is 3.95. The highest BCUT2D eigenvalue weighted by atomic mass is 16.5. The molecule has 1 fully saturated rings. The number of ether oxygens (including phenoxy) is 1. The minimum atomic E-state index is -0.0240. The molecular weight excluding hydrogens is 254 g/mol. The highest BCUT2D eigenvalue weighted by Gasteiger charge is 2.31. The van der Waals surface area contributed by atoms with Gasteiger partial charge in [0.05, 0.1) is 17.8 Å². The van der Waals surface area contributed by atoms with Crippen LogP contribution >= 0.6 is 0 Å². The summed E-state index contributed by atoms with van der Waals surface area (Å²) in [5, 5.41) is 7.45. The molecule has 0 spiro atoms. The first-order valence-corrected chi connectivity index (χ1v) is 7.58. The molecule has 1 atom stereocenters. The van der Waals surface area contributed by atoms with Crippen molar-refractivity contribution in [3.8, 4) is 0 Å². The molecule has 5 nitrogen and oxygen atoms in total. The largest absolute Gasteiger partial charge is 0.377 e. The zero-order valence-electron chi connectivity index (χ0n) is 12.9. The van der Waals surface area contributed by atoms with Crippen LogP contribution in [0.3, 0.4) is 0 Å². The number of nitrogens with zero attached hydrogens (tertiary/aromatic N) is 2. The minimum Gasteiger partial charge on any atom is -0.377 e. The number of hydrogen-bond acceptors (Lipinski definition) is 5. The van der Waals surface area contributed by atoms with E-state index in [-0.39, 0.29) is 5.60 Å². The van der Waals surface area contributed by atoms with Crippen LogP contribution in [0.4, 0.5) is 0 Å². The average molecular weight is 281 g/mol. The van der Waals surface area contributed by atoms with Crippen LogP contribution in [0.5, 0.6) is 0 Å². The second-order valence-electron chi connectivity index (χ2n) is 5.93. The number of likely N-dealkylation sites (tertiary alicyclic amines) is 1. The summed E-state index contributed by atoms with van der Waals surface area (Å²) in [5.41, 5.74) is 0.962. The molecular formula is C15H27N3O2. The van der Waals surface area contributed by atoms with E-state index in [9.17, 15) is 0 Å². The number of nitrogens with one attached hydrogen (secondary N) is 1. The predicted molar refractivity (Wildman–Crippen MR) is 78.4 cm³/mol. The van der Waals surface area contributed by atoms with E-state index in [2.05, 4.69) is 35.3 Å². The second-order valence-corrected chi connectivity index (χ2v) is 5.93. The highest BCUT2D eigenvalue weighted by Crippen LogP contribution is 2.25. The molecule has 2 heterocycles. The van der Waals surface area contributed by atoms with E-state index in [1.807, 2.05) is 0 Å². The number of methoxy groups -OCH3 is 1. The van der Waals surface area contributed by atoms with E-state index in [1.54, 1.807) is 7.11 Å². The van der Waals surface area contributed by atoms with Crippen LogP contribution < -0.4 is 5.32 Å². The fraction of sp³-hybridized carbons (Fsp3) is 0.800. The Labute approximate surface area is 121 Å². The van der Waals surface area contributed by atoms with Crippen molar-refractivity contribution in [2.45, 2.75) is 51.8 Å². The highest BCUT2D eigenvalue weighted by molar-refractivity contribution is 5.05. The van der Waals surface area contributed by atoms with Crippen molar-refractivity contribution in [1.29, 1.82) is 0 Å². The molecule has 0 aliphatic carbocycles. The summed E-state index contributed by atoms with van der Waals surface area (Å²) in [6.07, 6.45) is 3.43. The van der Waals surface area contributed by atoms with Gasteiger partial charge in [0.2, 0.25) is 0 Å². The summed E-state index contributed by atoms with van der Waals surface area (Å²) in [5.74, 6) is 0.943. The first-order valence-electron chi connectivity index (χ1n) is 7.58.